The molecule has 6 nitrogen and oxygen atoms in total. The van der Waals surface area contributed by atoms with Gasteiger partial charge in [0.25, 0.3) is 0 Å². The van der Waals surface area contributed by atoms with Gasteiger partial charge in [-0.15, -0.1) is 0 Å². The summed E-state index contributed by atoms with van der Waals surface area (Å²) in [4.78, 5) is 16.7. The second-order valence-electron chi connectivity index (χ2n) is 6.93. The third kappa shape index (κ3) is 7.93. The quantitative estimate of drug-likeness (QED) is 0.602. The highest BCUT2D eigenvalue weighted by molar-refractivity contribution is 6.30. The molecule has 29 heavy (non-hydrogen) atoms. The van der Waals surface area contributed by atoms with E-state index in [-0.39, 0.29) is 5.91 Å². The zero-order chi connectivity index (χ0) is 20.3. The van der Waals surface area contributed by atoms with Gasteiger partial charge in [0.2, 0.25) is 5.91 Å². The molecule has 1 N–H and O–H groups in total. The van der Waals surface area contributed by atoms with Gasteiger partial charge in [-0.3, -0.25) is 14.6 Å². The fraction of sp³-hybridized carbons (Fsp3) is 0.409. The molecule has 0 bridgehead atoms. The Hall–Kier alpha value is -2.28. The van der Waals surface area contributed by atoms with E-state index in [1.165, 1.54) is 0 Å². The van der Waals surface area contributed by atoms with E-state index in [2.05, 4.69) is 15.1 Å². The van der Waals surface area contributed by atoms with Gasteiger partial charge in [0.05, 0.1) is 13.1 Å². The van der Waals surface area contributed by atoms with Crippen molar-refractivity contribution in [1.29, 1.82) is 0 Å². The Morgan fingerprint density at radius 1 is 0.862 bits per heavy atom. The van der Waals surface area contributed by atoms with Gasteiger partial charge in [0.1, 0.15) is 24.7 Å². The predicted octanol–water partition coefficient (Wildman–Crippen LogP) is 2.53. The van der Waals surface area contributed by atoms with E-state index in [4.69, 9.17) is 21.1 Å². The second kappa shape index (κ2) is 11.7. The molecular weight excluding hydrogens is 390 g/mol. The first-order chi connectivity index (χ1) is 14.2. The summed E-state index contributed by atoms with van der Waals surface area (Å²) in [7, 11) is 0. The van der Waals surface area contributed by atoms with Crippen LogP contribution in [-0.2, 0) is 4.79 Å². The number of carbonyl (C=O) groups excluding carboxylic acids is 1. The summed E-state index contributed by atoms with van der Waals surface area (Å²) in [5.41, 5.74) is 0. The van der Waals surface area contributed by atoms with Gasteiger partial charge in [-0.25, -0.2) is 0 Å². The van der Waals surface area contributed by atoms with Crippen LogP contribution in [0, 0.1) is 0 Å². The van der Waals surface area contributed by atoms with E-state index in [1.54, 1.807) is 12.1 Å². The molecule has 0 spiro atoms. The SMILES string of the molecule is O=C(CN1CCN(CCOc2ccccc2)CC1)NCCOc1ccc(Cl)cc1. The third-order valence-electron chi connectivity index (χ3n) is 4.76. The number of rotatable bonds is 10. The van der Waals surface area contributed by atoms with Crippen molar-refractivity contribution >= 4 is 17.5 Å². The lowest BCUT2D eigenvalue weighted by Crippen LogP contribution is -2.50. The summed E-state index contributed by atoms with van der Waals surface area (Å²) in [6, 6.07) is 17.1. The van der Waals surface area contributed by atoms with Crippen molar-refractivity contribution in [2.45, 2.75) is 0 Å². The van der Waals surface area contributed by atoms with Gasteiger partial charge in [-0.05, 0) is 36.4 Å². The summed E-state index contributed by atoms with van der Waals surface area (Å²) in [5.74, 6) is 1.68. The van der Waals surface area contributed by atoms with Gasteiger partial charge in [-0.1, -0.05) is 29.8 Å². The Morgan fingerprint density at radius 2 is 1.48 bits per heavy atom. The van der Waals surface area contributed by atoms with Crippen molar-refractivity contribution in [2.24, 2.45) is 0 Å². The van der Waals surface area contributed by atoms with E-state index in [0.717, 1.165) is 44.2 Å². The molecule has 0 atom stereocenters. The van der Waals surface area contributed by atoms with Crippen molar-refractivity contribution in [1.82, 2.24) is 15.1 Å². The maximum atomic E-state index is 12.1. The van der Waals surface area contributed by atoms with Gasteiger partial charge in [0, 0.05) is 37.7 Å². The van der Waals surface area contributed by atoms with Crippen LogP contribution in [0.25, 0.3) is 0 Å². The van der Waals surface area contributed by atoms with Gasteiger partial charge in [-0.2, -0.15) is 0 Å². The molecule has 2 aromatic rings. The lowest BCUT2D eigenvalue weighted by atomic mass is 10.3. The standard InChI is InChI=1S/C22H28ClN3O3/c23-19-6-8-21(9-7-19)28-16-10-24-22(27)18-26-13-11-25(12-14-26)15-17-29-20-4-2-1-3-5-20/h1-9H,10-18H2,(H,24,27). The molecule has 1 saturated heterocycles. The number of halogens is 1. The average molecular weight is 418 g/mol. The van der Waals surface area contributed by atoms with Crippen LogP contribution in [-0.4, -0.2) is 74.7 Å². The zero-order valence-electron chi connectivity index (χ0n) is 16.6. The Kier molecular flexibility index (Phi) is 8.61. The van der Waals surface area contributed by atoms with E-state index in [9.17, 15) is 4.79 Å². The highest BCUT2D eigenvalue weighted by Crippen LogP contribution is 2.15. The Bertz CT molecular complexity index is 735. The topological polar surface area (TPSA) is 54.0 Å². The first kappa shape index (κ1) is 21.4. The molecule has 0 unspecified atom stereocenters. The summed E-state index contributed by atoms with van der Waals surface area (Å²) in [6.45, 7) is 6.60. The molecule has 156 valence electrons. The molecule has 1 heterocycles. The van der Waals surface area contributed by atoms with Crippen LogP contribution >= 0.6 is 11.6 Å². The minimum atomic E-state index is 0.0329. The molecule has 0 saturated carbocycles. The van der Waals surface area contributed by atoms with E-state index >= 15 is 0 Å². The van der Waals surface area contributed by atoms with Gasteiger partial charge < -0.3 is 14.8 Å². The molecule has 0 aliphatic carbocycles. The summed E-state index contributed by atoms with van der Waals surface area (Å²) < 4.78 is 11.3. The monoisotopic (exact) mass is 417 g/mol. The molecule has 0 aromatic heterocycles. The number of nitrogens with one attached hydrogen (secondary N) is 1. The third-order valence-corrected chi connectivity index (χ3v) is 5.01. The van der Waals surface area contributed by atoms with Crippen LogP contribution in [0.2, 0.25) is 5.02 Å². The molecule has 1 aliphatic rings. The van der Waals surface area contributed by atoms with Gasteiger partial charge in [0.15, 0.2) is 0 Å². The highest BCUT2D eigenvalue weighted by atomic mass is 35.5. The fourth-order valence-electron chi connectivity index (χ4n) is 3.13. The molecule has 0 radical (unpaired) electrons. The Balaban J connectivity index is 1.23. The lowest BCUT2D eigenvalue weighted by Gasteiger charge is -2.34. The molecule has 1 amide bonds. The van der Waals surface area contributed by atoms with Crippen molar-refractivity contribution in [2.75, 3.05) is 59.0 Å². The number of benzene rings is 2. The number of ether oxygens (including phenoxy) is 2. The Labute approximate surface area is 177 Å². The molecule has 3 rings (SSSR count). The Morgan fingerprint density at radius 3 is 2.21 bits per heavy atom. The second-order valence-corrected chi connectivity index (χ2v) is 7.37. The van der Waals surface area contributed by atoms with Crippen LogP contribution in [0.4, 0.5) is 0 Å². The van der Waals surface area contributed by atoms with Crippen LogP contribution in [0.3, 0.4) is 0 Å². The lowest BCUT2D eigenvalue weighted by molar-refractivity contribution is -0.122. The number of carbonyl (C=O) groups is 1. The zero-order valence-corrected chi connectivity index (χ0v) is 17.3. The van der Waals surface area contributed by atoms with Crippen molar-refractivity contribution in [3.8, 4) is 11.5 Å². The first-order valence-corrected chi connectivity index (χ1v) is 10.3. The molecular formula is C22H28ClN3O3. The number of nitrogens with zero attached hydrogens (tertiary/aromatic N) is 2. The molecule has 2 aromatic carbocycles. The fourth-order valence-corrected chi connectivity index (χ4v) is 3.26. The van der Waals surface area contributed by atoms with E-state index in [1.807, 2.05) is 42.5 Å². The maximum Gasteiger partial charge on any atom is 0.234 e. The molecule has 1 aliphatic heterocycles. The molecule has 1 fully saturated rings. The summed E-state index contributed by atoms with van der Waals surface area (Å²) >= 11 is 5.84. The van der Waals surface area contributed by atoms with Crippen molar-refractivity contribution in [3.63, 3.8) is 0 Å². The van der Waals surface area contributed by atoms with E-state index in [0.29, 0.717) is 31.3 Å². The smallest absolute Gasteiger partial charge is 0.234 e. The van der Waals surface area contributed by atoms with Crippen LogP contribution in [0.1, 0.15) is 0 Å². The van der Waals surface area contributed by atoms with Crippen molar-refractivity contribution < 1.29 is 14.3 Å². The normalized spacial score (nSPS) is 15.1. The average Bonchev–Trinajstić information content (AvgIpc) is 2.74. The van der Waals surface area contributed by atoms with Crippen LogP contribution in [0.15, 0.2) is 54.6 Å². The van der Waals surface area contributed by atoms with Crippen molar-refractivity contribution in [3.05, 3.63) is 59.6 Å². The first-order valence-electron chi connectivity index (χ1n) is 9.97. The summed E-state index contributed by atoms with van der Waals surface area (Å²) in [6.07, 6.45) is 0. The number of amides is 1. The highest BCUT2D eigenvalue weighted by Gasteiger charge is 2.18. The van der Waals surface area contributed by atoms with Gasteiger partial charge >= 0.3 is 0 Å². The number of hydrogen-bond donors (Lipinski definition) is 1. The van der Waals surface area contributed by atoms with Crippen LogP contribution < -0.4 is 14.8 Å². The van der Waals surface area contributed by atoms with Crippen LogP contribution in [0.5, 0.6) is 11.5 Å². The number of piperazine rings is 1. The maximum absolute atomic E-state index is 12.1. The minimum absolute atomic E-state index is 0.0329. The largest absolute Gasteiger partial charge is 0.492 e. The number of hydrogen-bond acceptors (Lipinski definition) is 5. The van der Waals surface area contributed by atoms with E-state index < -0.39 is 0 Å². The minimum Gasteiger partial charge on any atom is -0.492 e. The molecule has 7 heteroatoms. The predicted molar refractivity (Wildman–Crippen MR) is 115 cm³/mol. The summed E-state index contributed by atoms with van der Waals surface area (Å²) in [5, 5.41) is 3.59. The number of para-hydroxylation sites is 1.